The van der Waals surface area contributed by atoms with E-state index in [1.54, 1.807) is 0 Å². The van der Waals surface area contributed by atoms with Gasteiger partial charge in [-0.25, -0.2) is 4.39 Å². The van der Waals surface area contributed by atoms with E-state index in [-0.39, 0.29) is 31.9 Å². The highest BCUT2D eigenvalue weighted by Gasteiger charge is 2.31. The fourth-order valence-corrected chi connectivity index (χ4v) is 2.06. The number of aliphatic hydroxyl groups excluding tert-OH is 1. The van der Waals surface area contributed by atoms with Crippen molar-refractivity contribution in [2.75, 3.05) is 26.4 Å². The number of aliphatic hydroxyl groups is 1. The predicted octanol–water partition coefficient (Wildman–Crippen LogP) is 0.567. The van der Waals surface area contributed by atoms with E-state index in [9.17, 15) is 24.4 Å². The van der Waals surface area contributed by atoms with Crippen molar-refractivity contribution >= 4 is 11.6 Å². The topological polar surface area (TPSA) is 92.9 Å². The van der Waals surface area contributed by atoms with Gasteiger partial charge in [-0.15, -0.1) is 0 Å². The van der Waals surface area contributed by atoms with Crippen molar-refractivity contribution < 1.29 is 24.0 Å². The Labute approximate surface area is 113 Å². The smallest absolute Gasteiger partial charge is 0.285 e. The molecule has 1 unspecified atom stereocenters. The van der Waals surface area contributed by atoms with E-state index in [1.165, 1.54) is 4.90 Å². The number of morpholine rings is 1. The summed E-state index contributed by atoms with van der Waals surface area (Å²) in [4.78, 5) is 23.8. The summed E-state index contributed by atoms with van der Waals surface area (Å²) in [5.74, 6) is -1.40. The fourth-order valence-electron chi connectivity index (χ4n) is 2.06. The maximum Gasteiger partial charge on any atom is 0.285 e. The predicted molar refractivity (Wildman–Crippen MR) is 65.8 cm³/mol. The van der Waals surface area contributed by atoms with E-state index >= 15 is 0 Å². The Bertz CT molecular complexity index is 537. The molecule has 0 saturated carbocycles. The fraction of sp³-hybridized carbons (Fsp3) is 0.417. The first-order chi connectivity index (χ1) is 9.54. The van der Waals surface area contributed by atoms with Crippen molar-refractivity contribution in [3.8, 4) is 0 Å². The zero-order chi connectivity index (χ0) is 14.7. The molecule has 1 aliphatic heterocycles. The molecule has 7 nitrogen and oxygen atoms in total. The lowest BCUT2D eigenvalue weighted by Gasteiger charge is -2.34. The van der Waals surface area contributed by atoms with Crippen molar-refractivity contribution in [1.29, 1.82) is 0 Å². The van der Waals surface area contributed by atoms with Gasteiger partial charge in [0.25, 0.3) is 11.6 Å². The monoisotopic (exact) mass is 284 g/mol. The van der Waals surface area contributed by atoms with Crippen LogP contribution in [0.3, 0.4) is 0 Å². The molecule has 0 aliphatic carbocycles. The number of hydrogen-bond donors (Lipinski definition) is 1. The summed E-state index contributed by atoms with van der Waals surface area (Å²) in [6, 6.07) is 2.23. The quantitative estimate of drug-likeness (QED) is 0.647. The molecule has 0 bridgehead atoms. The number of amides is 1. The molecule has 0 radical (unpaired) electrons. The third kappa shape index (κ3) is 2.75. The number of ether oxygens (including phenoxy) is 1. The maximum atomic E-state index is 13.1. The number of nitrogens with zero attached hydrogens (tertiary/aromatic N) is 2. The van der Waals surface area contributed by atoms with E-state index in [0.717, 1.165) is 12.1 Å². The molecule has 1 atom stereocenters. The number of halogens is 1. The number of rotatable bonds is 3. The summed E-state index contributed by atoms with van der Waals surface area (Å²) in [6.07, 6.45) is 0. The summed E-state index contributed by atoms with van der Waals surface area (Å²) in [7, 11) is 0. The van der Waals surface area contributed by atoms with Crippen molar-refractivity contribution in [1.82, 2.24) is 4.90 Å². The zero-order valence-corrected chi connectivity index (χ0v) is 10.5. The second-order valence-electron chi connectivity index (χ2n) is 4.33. The van der Waals surface area contributed by atoms with Crippen LogP contribution in [0.25, 0.3) is 0 Å². The molecule has 8 heteroatoms. The van der Waals surface area contributed by atoms with E-state index in [0.29, 0.717) is 6.07 Å². The molecule has 1 heterocycles. The lowest BCUT2D eigenvalue weighted by atomic mass is 10.1. The van der Waals surface area contributed by atoms with Gasteiger partial charge >= 0.3 is 0 Å². The van der Waals surface area contributed by atoms with Crippen LogP contribution in [0.2, 0.25) is 0 Å². The van der Waals surface area contributed by atoms with Crippen LogP contribution in [-0.4, -0.2) is 53.2 Å². The highest BCUT2D eigenvalue weighted by atomic mass is 19.1. The highest BCUT2D eigenvalue weighted by molar-refractivity contribution is 5.98. The summed E-state index contributed by atoms with van der Waals surface area (Å²) < 4.78 is 18.2. The van der Waals surface area contributed by atoms with Crippen molar-refractivity contribution in [3.05, 3.63) is 39.7 Å². The Kier molecular flexibility index (Phi) is 4.26. The van der Waals surface area contributed by atoms with Gasteiger partial charge in [0.2, 0.25) is 0 Å². The molecule has 108 valence electrons. The first-order valence-electron chi connectivity index (χ1n) is 5.98. The molecule has 1 fully saturated rings. The summed E-state index contributed by atoms with van der Waals surface area (Å²) >= 11 is 0. The number of nitro benzene ring substituents is 1. The lowest BCUT2D eigenvalue weighted by molar-refractivity contribution is -0.385. The highest BCUT2D eigenvalue weighted by Crippen LogP contribution is 2.23. The normalized spacial score (nSPS) is 18.9. The van der Waals surface area contributed by atoms with Crippen LogP contribution in [0.4, 0.5) is 10.1 Å². The number of nitro groups is 1. The minimum atomic E-state index is -0.801. The first kappa shape index (κ1) is 14.4. The van der Waals surface area contributed by atoms with Gasteiger partial charge < -0.3 is 14.7 Å². The minimum absolute atomic E-state index is 0.164. The van der Waals surface area contributed by atoms with Gasteiger partial charge in [0.15, 0.2) is 0 Å². The molecule has 0 aromatic heterocycles. The SMILES string of the molecule is O=C(c1ccc(F)cc1[N+](=O)[O-])N1CCOCC1CO. The molecule has 1 aliphatic rings. The van der Waals surface area contributed by atoms with Gasteiger partial charge in [0.05, 0.1) is 36.9 Å². The van der Waals surface area contributed by atoms with Crippen molar-refractivity contribution in [2.24, 2.45) is 0 Å². The van der Waals surface area contributed by atoms with Gasteiger partial charge in [-0.3, -0.25) is 14.9 Å². The number of carbonyl (C=O) groups excluding carboxylic acids is 1. The Hall–Kier alpha value is -2.06. The third-order valence-electron chi connectivity index (χ3n) is 3.09. The van der Waals surface area contributed by atoms with E-state index in [4.69, 9.17) is 4.74 Å². The summed E-state index contributed by atoms with van der Waals surface area (Å²) in [5, 5.41) is 20.1. The standard InChI is InChI=1S/C12H13FN2O5/c13-8-1-2-10(11(5-8)15(18)19)12(17)14-3-4-20-7-9(14)6-16/h1-2,5,9,16H,3-4,6-7H2. The van der Waals surface area contributed by atoms with Gasteiger partial charge in [-0.2, -0.15) is 0 Å². The van der Waals surface area contributed by atoms with E-state index in [1.807, 2.05) is 0 Å². The molecule has 2 rings (SSSR count). The molecule has 0 spiro atoms. The van der Waals surface area contributed by atoms with Crippen LogP contribution in [0, 0.1) is 15.9 Å². The third-order valence-corrected chi connectivity index (χ3v) is 3.09. The summed E-state index contributed by atoms with van der Waals surface area (Å²) in [5.41, 5.74) is -0.782. The van der Waals surface area contributed by atoms with Crippen molar-refractivity contribution in [3.63, 3.8) is 0 Å². The second-order valence-corrected chi connectivity index (χ2v) is 4.33. The summed E-state index contributed by atoms with van der Waals surface area (Å²) in [6.45, 7) is 0.369. The minimum Gasteiger partial charge on any atom is -0.394 e. The Morgan fingerprint density at radius 1 is 1.60 bits per heavy atom. The van der Waals surface area contributed by atoms with Gasteiger partial charge in [0.1, 0.15) is 11.4 Å². The molecule has 1 aromatic rings. The van der Waals surface area contributed by atoms with Crippen LogP contribution < -0.4 is 0 Å². The zero-order valence-electron chi connectivity index (χ0n) is 10.5. The Morgan fingerprint density at radius 2 is 2.35 bits per heavy atom. The van der Waals surface area contributed by atoms with Crippen LogP contribution in [0.15, 0.2) is 18.2 Å². The Balaban J connectivity index is 2.35. The van der Waals surface area contributed by atoms with E-state index in [2.05, 4.69) is 0 Å². The molecule has 1 amide bonds. The lowest BCUT2D eigenvalue weighted by Crippen LogP contribution is -2.50. The van der Waals surface area contributed by atoms with Crippen molar-refractivity contribution in [2.45, 2.75) is 6.04 Å². The number of benzene rings is 1. The average molecular weight is 284 g/mol. The van der Waals surface area contributed by atoms with Gasteiger partial charge in [-0.1, -0.05) is 0 Å². The first-order valence-corrected chi connectivity index (χ1v) is 5.98. The number of hydrogen-bond acceptors (Lipinski definition) is 5. The maximum absolute atomic E-state index is 13.1. The van der Waals surface area contributed by atoms with Crippen LogP contribution in [0.5, 0.6) is 0 Å². The van der Waals surface area contributed by atoms with E-state index < -0.39 is 28.4 Å². The number of carbonyl (C=O) groups is 1. The molecular weight excluding hydrogens is 271 g/mol. The van der Waals surface area contributed by atoms with Crippen LogP contribution in [-0.2, 0) is 4.74 Å². The largest absolute Gasteiger partial charge is 0.394 e. The second kappa shape index (κ2) is 5.93. The molecule has 1 saturated heterocycles. The average Bonchev–Trinajstić information content (AvgIpc) is 2.46. The molecular formula is C12H13FN2O5. The Morgan fingerprint density at radius 3 is 3.00 bits per heavy atom. The molecule has 20 heavy (non-hydrogen) atoms. The van der Waals surface area contributed by atoms with Gasteiger partial charge in [-0.05, 0) is 12.1 Å². The van der Waals surface area contributed by atoms with Gasteiger partial charge in [0, 0.05) is 6.54 Å². The van der Waals surface area contributed by atoms with Crippen LogP contribution >= 0.6 is 0 Å². The molecule has 1 aromatic carbocycles. The molecule has 1 N–H and O–H groups in total. The van der Waals surface area contributed by atoms with Crippen LogP contribution in [0.1, 0.15) is 10.4 Å².